The molecule has 2 heterocycles. The molecule has 0 bridgehead atoms. The van der Waals surface area contributed by atoms with Gasteiger partial charge in [-0.1, -0.05) is 0 Å². The largest absolute Gasteiger partial charge is 0.399 e. The Bertz CT molecular complexity index is 706. The Labute approximate surface area is 108 Å². The van der Waals surface area contributed by atoms with Crippen LogP contribution in [0.1, 0.15) is 0 Å². The average Bonchev–Trinajstić information content (AvgIpc) is 2.95. The Balaban J connectivity index is 2.14. The highest BCUT2D eigenvalue weighted by atomic mass is 15.5. The van der Waals surface area contributed by atoms with Crippen molar-refractivity contribution in [2.75, 3.05) is 11.5 Å². The lowest BCUT2D eigenvalue weighted by molar-refractivity contribution is 0.762. The van der Waals surface area contributed by atoms with Gasteiger partial charge in [-0.2, -0.15) is 9.78 Å². The SMILES string of the molecule is Cn1cc(-n2nnnc2-c2cc(N)cc(N)c2)cn1. The third kappa shape index (κ3) is 1.99. The molecular formula is C11H12N8. The summed E-state index contributed by atoms with van der Waals surface area (Å²) in [4.78, 5) is 0. The molecule has 0 atom stereocenters. The molecule has 0 radical (unpaired) electrons. The van der Waals surface area contributed by atoms with Crippen molar-refractivity contribution in [1.29, 1.82) is 0 Å². The van der Waals surface area contributed by atoms with E-state index in [-0.39, 0.29) is 0 Å². The lowest BCUT2D eigenvalue weighted by Gasteiger charge is -2.04. The maximum atomic E-state index is 5.78. The summed E-state index contributed by atoms with van der Waals surface area (Å²) >= 11 is 0. The van der Waals surface area contributed by atoms with Gasteiger partial charge in [0, 0.05) is 24.0 Å². The maximum absolute atomic E-state index is 5.78. The highest BCUT2D eigenvalue weighted by Crippen LogP contribution is 2.24. The van der Waals surface area contributed by atoms with Crippen LogP contribution < -0.4 is 11.5 Å². The molecular weight excluding hydrogens is 244 g/mol. The summed E-state index contributed by atoms with van der Waals surface area (Å²) in [5.74, 6) is 0.562. The molecule has 8 nitrogen and oxygen atoms in total. The number of nitrogens with zero attached hydrogens (tertiary/aromatic N) is 6. The van der Waals surface area contributed by atoms with E-state index in [1.54, 1.807) is 33.8 Å². The second kappa shape index (κ2) is 4.09. The Morgan fingerprint density at radius 3 is 2.47 bits per heavy atom. The van der Waals surface area contributed by atoms with Gasteiger partial charge in [0.2, 0.25) is 0 Å². The van der Waals surface area contributed by atoms with Crippen LogP contribution in [0, 0.1) is 0 Å². The first-order chi connectivity index (χ1) is 9.13. The minimum atomic E-state index is 0.562. The van der Waals surface area contributed by atoms with Crippen LogP contribution in [0.4, 0.5) is 11.4 Å². The van der Waals surface area contributed by atoms with Gasteiger partial charge in [0.05, 0.1) is 12.4 Å². The van der Waals surface area contributed by atoms with Gasteiger partial charge in [-0.25, -0.2) is 0 Å². The Hall–Kier alpha value is -2.90. The van der Waals surface area contributed by atoms with Crippen molar-refractivity contribution < 1.29 is 0 Å². The van der Waals surface area contributed by atoms with E-state index in [0.29, 0.717) is 17.2 Å². The molecule has 19 heavy (non-hydrogen) atoms. The Kier molecular flexibility index (Phi) is 2.41. The molecule has 0 amide bonds. The Morgan fingerprint density at radius 1 is 1.11 bits per heavy atom. The summed E-state index contributed by atoms with van der Waals surface area (Å²) in [5, 5.41) is 15.7. The zero-order chi connectivity index (χ0) is 13.4. The number of benzene rings is 1. The molecule has 0 saturated heterocycles. The predicted octanol–water partition coefficient (Wildman–Crippen LogP) is 0.227. The van der Waals surface area contributed by atoms with Gasteiger partial charge in [-0.05, 0) is 28.6 Å². The molecule has 3 rings (SSSR count). The highest BCUT2D eigenvalue weighted by Gasteiger charge is 2.12. The molecule has 3 aromatic rings. The first-order valence-corrected chi connectivity index (χ1v) is 5.57. The number of tetrazole rings is 1. The quantitative estimate of drug-likeness (QED) is 0.634. The smallest absolute Gasteiger partial charge is 0.187 e. The molecule has 96 valence electrons. The van der Waals surface area contributed by atoms with Crippen molar-refractivity contribution >= 4 is 11.4 Å². The number of anilines is 2. The third-order valence-electron chi connectivity index (χ3n) is 2.64. The fourth-order valence-electron chi connectivity index (χ4n) is 1.86. The topological polar surface area (TPSA) is 113 Å². The van der Waals surface area contributed by atoms with E-state index in [9.17, 15) is 0 Å². The van der Waals surface area contributed by atoms with Gasteiger partial charge in [-0.3, -0.25) is 4.68 Å². The van der Waals surface area contributed by atoms with E-state index in [2.05, 4.69) is 20.6 Å². The van der Waals surface area contributed by atoms with Crippen LogP contribution in [0.2, 0.25) is 0 Å². The van der Waals surface area contributed by atoms with Crippen LogP contribution in [0.15, 0.2) is 30.6 Å². The van der Waals surface area contributed by atoms with Crippen molar-refractivity contribution in [3.8, 4) is 17.1 Å². The summed E-state index contributed by atoms with van der Waals surface area (Å²) in [6.45, 7) is 0. The molecule has 4 N–H and O–H groups in total. The van der Waals surface area contributed by atoms with Gasteiger partial charge in [0.25, 0.3) is 0 Å². The number of aromatic nitrogens is 6. The van der Waals surface area contributed by atoms with E-state index in [4.69, 9.17) is 11.5 Å². The zero-order valence-corrected chi connectivity index (χ0v) is 10.2. The number of rotatable bonds is 2. The van der Waals surface area contributed by atoms with E-state index >= 15 is 0 Å². The summed E-state index contributed by atoms with van der Waals surface area (Å²) in [5.41, 5.74) is 14.2. The first-order valence-electron chi connectivity index (χ1n) is 5.57. The number of nitrogens with two attached hydrogens (primary N) is 2. The highest BCUT2D eigenvalue weighted by molar-refractivity contribution is 5.68. The van der Waals surface area contributed by atoms with E-state index < -0.39 is 0 Å². The molecule has 1 aromatic carbocycles. The van der Waals surface area contributed by atoms with Crippen molar-refractivity contribution in [2.24, 2.45) is 7.05 Å². The fourth-order valence-corrected chi connectivity index (χ4v) is 1.86. The van der Waals surface area contributed by atoms with Crippen molar-refractivity contribution in [3.05, 3.63) is 30.6 Å². The van der Waals surface area contributed by atoms with Crippen LogP contribution in [0.5, 0.6) is 0 Å². The molecule has 8 heteroatoms. The minimum Gasteiger partial charge on any atom is -0.399 e. The van der Waals surface area contributed by atoms with Gasteiger partial charge < -0.3 is 11.5 Å². The number of nitrogen functional groups attached to an aromatic ring is 2. The van der Waals surface area contributed by atoms with E-state index in [1.165, 1.54) is 0 Å². The lowest BCUT2D eigenvalue weighted by Crippen LogP contribution is -2.00. The molecule has 2 aromatic heterocycles. The van der Waals surface area contributed by atoms with Gasteiger partial charge in [0.15, 0.2) is 5.82 Å². The van der Waals surface area contributed by atoms with Gasteiger partial charge in [0.1, 0.15) is 5.69 Å². The standard InChI is InChI=1S/C11H12N8/c1-18-6-10(5-14-18)19-11(15-16-17-19)7-2-8(12)4-9(13)3-7/h2-6H,12-13H2,1H3. The monoisotopic (exact) mass is 256 g/mol. The normalized spacial score (nSPS) is 10.8. The van der Waals surface area contributed by atoms with Crippen molar-refractivity contribution in [1.82, 2.24) is 30.0 Å². The van der Waals surface area contributed by atoms with E-state index in [0.717, 1.165) is 11.3 Å². The number of aryl methyl sites for hydroxylation is 1. The average molecular weight is 256 g/mol. The molecule has 0 aliphatic rings. The second-order valence-electron chi connectivity index (χ2n) is 4.17. The molecule has 0 aliphatic heterocycles. The van der Waals surface area contributed by atoms with Crippen LogP contribution in [0.25, 0.3) is 17.1 Å². The number of hydrogen-bond acceptors (Lipinski definition) is 6. The summed E-state index contributed by atoms with van der Waals surface area (Å²) in [6, 6.07) is 5.23. The van der Waals surface area contributed by atoms with Crippen molar-refractivity contribution in [2.45, 2.75) is 0 Å². The second-order valence-corrected chi connectivity index (χ2v) is 4.17. The maximum Gasteiger partial charge on any atom is 0.187 e. The third-order valence-corrected chi connectivity index (χ3v) is 2.64. The van der Waals surface area contributed by atoms with Crippen LogP contribution in [-0.4, -0.2) is 30.0 Å². The van der Waals surface area contributed by atoms with E-state index in [1.807, 2.05) is 13.2 Å². The summed E-state index contributed by atoms with van der Waals surface area (Å²) in [7, 11) is 1.83. The molecule has 0 saturated carbocycles. The predicted molar refractivity (Wildman–Crippen MR) is 70.2 cm³/mol. The first kappa shape index (κ1) is 11.2. The molecule has 0 spiro atoms. The fraction of sp³-hybridized carbons (Fsp3) is 0.0909. The molecule has 0 fully saturated rings. The van der Waals surface area contributed by atoms with Crippen LogP contribution in [0.3, 0.4) is 0 Å². The van der Waals surface area contributed by atoms with Crippen LogP contribution in [-0.2, 0) is 7.05 Å². The zero-order valence-electron chi connectivity index (χ0n) is 10.2. The molecule has 0 aliphatic carbocycles. The lowest BCUT2D eigenvalue weighted by atomic mass is 10.1. The minimum absolute atomic E-state index is 0.562. The van der Waals surface area contributed by atoms with Gasteiger partial charge >= 0.3 is 0 Å². The molecule has 0 unspecified atom stereocenters. The summed E-state index contributed by atoms with van der Waals surface area (Å²) < 4.78 is 3.26. The van der Waals surface area contributed by atoms with Crippen LogP contribution >= 0.6 is 0 Å². The summed E-state index contributed by atoms with van der Waals surface area (Å²) in [6.07, 6.45) is 3.49. The number of hydrogen-bond donors (Lipinski definition) is 2. The van der Waals surface area contributed by atoms with Gasteiger partial charge in [-0.15, -0.1) is 5.10 Å². The van der Waals surface area contributed by atoms with Crippen molar-refractivity contribution in [3.63, 3.8) is 0 Å². The Morgan fingerprint density at radius 2 is 1.84 bits per heavy atom.